The van der Waals surface area contributed by atoms with Crippen LogP contribution in [-0.2, 0) is 0 Å². The Morgan fingerprint density at radius 3 is 2.55 bits per heavy atom. The van der Waals surface area contributed by atoms with Crippen molar-refractivity contribution in [2.24, 2.45) is 0 Å². The minimum atomic E-state index is -0.436. The van der Waals surface area contributed by atoms with E-state index in [4.69, 9.17) is 9.47 Å². The minimum absolute atomic E-state index is 0.00601. The largest absolute Gasteiger partial charge is 0.508 e. The van der Waals surface area contributed by atoms with Crippen molar-refractivity contribution in [3.63, 3.8) is 0 Å². The third-order valence-corrected chi connectivity index (χ3v) is 3.64. The van der Waals surface area contributed by atoms with E-state index in [1.165, 1.54) is 12.1 Å². The molecule has 2 N–H and O–H groups in total. The first-order chi connectivity index (χ1) is 10.6. The predicted octanol–water partition coefficient (Wildman–Crippen LogP) is 4.03. The Kier molecular flexibility index (Phi) is 3.67. The molecular weight excluding hydrogens is 280 g/mol. The summed E-state index contributed by atoms with van der Waals surface area (Å²) in [5, 5.41) is 19.5. The van der Waals surface area contributed by atoms with Gasteiger partial charge < -0.3 is 19.7 Å². The molecule has 0 amide bonds. The molecule has 0 unspecified atom stereocenters. The maximum absolute atomic E-state index is 10.0. The van der Waals surface area contributed by atoms with E-state index in [0.29, 0.717) is 17.1 Å². The zero-order valence-corrected chi connectivity index (χ0v) is 12.5. The highest BCUT2D eigenvalue weighted by Crippen LogP contribution is 2.42. The molecule has 0 aromatic heterocycles. The molecule has 0 saturated heterocycles. The summed E-state index contributed by atoms with van der Waals surface area (Å²) in [6.07, 6.45) is 3.25. The highest BCUT2D eigenvalue weighted by Gasteiger charge is 2.31. The summed E-state index contributed by atoms with van der Waals surface area (Å²) in [7, 11) is 0. The van der Waals surface area contributed by atoms with Crippen LogP contribution in [-0.4, -0.2) is 16.3 Å². The van der Waals surface area contributed by atoms with Gasteiger partial charge in [0.1, 0.15) is 17.6 Å². The lowest BCUT2D eigenvalue weighted by Crippen LogP contribution is -2.30. The van der Waals surface area contributed by atoms with Gasteiger partial charge in [0.05, 0.1) is 0 Å². The van der Waals surface area contributed by atoms with Crippen molar-refractivity contribution in [3.05, 3.63) is 53.6 Å². The van der Waals surface area contributed by atoms with Crippen molar-refractivity contribution >= 4 is 6.08 Å². The second-order valence-corrected chi connectivity index (χ2v) is 5.31. The second-order valence-electron chi connectivity index (χ2n) is 5.31. The van der Waals surface area contributed by atoms with Crippen molar-refractivity contribution < 1.29 is 19.7 Å². The van der Waals surface area contributed by atoms with Gasteiger partial charge in [-0.1, -0.05) is 18.2 Å². The molecular formula is C18H18O4. The van der Waals surface area contributed by atoms with E-state index >= 15 is 0 Å². The molecule has 2 atom stereocenters. The molecule has 0 aliphatic carbocycles. The number of phenols is 2. The first-order valence-corrected chi connectivity index (χ1v) is 7.20. The second kappa shape index (κ2) is 5.64. The smallest absolute Gasteiger partial charge is 0.164 e. The lowest BCUT2D eigenvalue weighted by molar-refractivity contribution is 0.0293. The third kappa shape index (κ3) is 2.60. The van der Waals surface area contributed by atoms with Crippen LogP contribution in [0.1, 0.15) is 31.1 Å². The molecule has 2 aromatic rings. The average Bonchev–Trinajstić information content (AvgIpc) is 2.48. The Bertz CT molecular complexity index is 721. The van der Waals surface area contributed by atoms with Gasteiger partial charge in [-0.05, 0) is 43.7 Å². The fourth-order valence-electron chi connectivity index (χ4n) is 2.59. The summed E-state index contributed by atoms with van der Waals surface area (Å²) in [6.45, 7) is 3.84. The number of rotatable bonds is 2. The fraction of sp³-hybridized carbons (Fsp3) is 0.222. The average molecular weight is 298 g/mol. The molecule has 114 valence electrons. The van der Waals surface area contributed by atoms with Crippen LogP contribution in [0.25, 0.3) is 6.08 Å². The molecule has 1 aliphatic rings. The lowest BCUT2D eigenvalue weighted by Gasteiger charge is -2.32. The van der Waals surface area contributed by atoms with E-state index in [1.807, 2.05) is 44.2 Å². The number of fused-ring (bicyclic) bond motifs is 1. The Hall–Kier alpha value is -2.62. The molecule has 3 rings (SSSR count). The SMILES string of the molecule is C/C=C/c1ccc2c(c1)O[C@H](c1ccc(O)cc1O)[C@@H](C)O2. The lowest BCUT2D eigenvalue weighted by atomic mass is 10.0. The Balaban J connectivity index is 1.97. The first-order valence-electron chi connectivity index (χ1n) is 7.20. The van der Waals surface area contributed by atoms with E-state index in [0.717, 1.165) is 5.56 Å². The summed E-state index contributed by atoms with van der Waals surface area (Å²) in [4.78, 5) is 0. The van der Waals surface area contributed by atoms with Crippen LogP contribution < -0.4 is 9.47 Å². The van der Waals surface area contributed by atoms with Gasteiger partial charge >= 0.3 is 0 Å². The monoisotopic (exact) mass is 298 g/mol. The Morgan fingerprint density at radius 1 is 1.00 bits per heavy atom. The number of hydrogen-bond acceptors (Lipinski definition) is 4. The predicted molar refractivity (Wildman–Crippen MR) is 84.4 cm³/mol. The fourth-order valence-corrected chi connectivity index (χ4v) is 2.59. The van der Waals surface area contributed by atoms with E-state index in [-0.39, 0.29) is 17.6 Å². The van der Waals surface area contributed by atoms with Gasteiger partial charge in [0, 0.05) is 11.6 Å². The molecule has 1 aliphatic heterocycles. The zero-order chi connectivity index (χ0) is 15.7. The number of phenolic OH excluding ortho intramolecular Hbond substituents is 2. The van der Waals surface area contributed by atoms with E-state index in [1.54, 1.807) is 6.07 Å². The molecule has 0 fully saturated rings. The number of aromatic hydroxyl groups is 2. The highest BCUT2D eigenvalue weighted by molar-refractivity contribution is 5.56. The summed E-state index contributed by atoms with van der Waals surface area (Å²) in [6, 6.07) is 10.2. The number of hydrogen-bond donors (Lipinski definition) is 2. The highest BCUT2D eigenvalue weighted by atomic mass is 16.6. The molecule has 4 heteroatoms. The molecule has 22 heavy (non-hydrogen) atoms. The Labute approximate surface area is 129 Å². The van der Waals surface area contributed by atoms with Gasteiger partial charge in [0.2, 0.25) is 0 Å². The number of benzene rings is 2. The summed E-state index contributed by atoms with van der Waals surface area (Å²) < 4.78 is 11.9. The van der Waals surface area contributed by atoms with Crippen molar-refractivity contribution in [2.75, 3.05) is 0 Å². The van der Waals surface area contributed by atoms with Crippen molar-refractivity contribution in [3.8, 4) is 23.0 Å². The van der Waals surface area contributed by atoms with Gasteiger partial charge in [0.15, 0.2) is 17.6 Å². The third-order valence-electron chi connectivity index (χ3n) is 3.64. The van der Waals surface area contributed by atoms with Crippen molar-refractivity contribution in [2.45, 2.75) is 26.1 Å². The standard InChI is InChI=1S/C18H18O4/c1-3-4-12-5-8-16-17(9-12)22-18(11(2)21-16)14-7-6-13(19)10-15(14)20/h3-11,18-20H,1-2H3/b4-3+/t11-,18+/m1/s1. The van der Waals surface area contributed by atoms with Crippen LogP contribution in [0.5, 0.6) is 23.0 Å². The molecule has 2 aromatic carbocycles. The van der Waals surface area contributed by atoms with Crippen LogP contribution in [0, 0.1) is 0 Å². The maximum atomic E-state index is 10.0. The van der Waals surface area contributed by atoms with E-state index < -0.39 is 6.10 Å². The van der Waals surface area contributed by atoms with Crippen LogP contribution in [0.3, 0.4) is 0 Å². The minimum Gasteiger partial charge on any atom is -0.508 e. The number of ether oxygens (including phenoxy) is 2. The Morgan fingerprint density at radius 2 is 1.82 bits per heavy atom. The maximum Gasteiger partial charge on any atom is 0.164 e. The zero-order valence-electron chi connectivity index (χ0n) is 12.5. The van der Waals surface area contributed by atoms with Crippen molar-refractivity contribution in [1.82, 2.24) is 0 Å². The quantitative estimate of drug-likeness (QED) is 0.878. The van der Waals surface area contributed by atoms with Crippen LogP contribution in [0.2, 0.25) is 0 Å². The molecule has 0 bridgehead atoms. The van der Waals surface area contributed by atoms with Crippen LogP contribution in [0.4, 0.5) is 0 Å². The van der Waals surface area contributed by atoms with E-state index in [2.05, 4.69) is 0 Å². The van der Waals surface area contributed by atoms with Gasteiger partial charge in [0.25, 0.3) is 0 Å². The van der Waals surface area contributed by atoms with Crippen LogP contribution >= 0.6 is 0 Å². The summed E-state index contributed by atoms with van der Waals surface area (Å²) >= 11 is 0. The van der Waals surface area contributed by atoms with Gasteiger partial charge in [-0.3, -0.25) is 0 Å². The molecule has 0 saturated carbocycles. The van der Waals surface area contributed by atoms with Gasteiger partial charge in [-0.15, -0.1) is 0 Å². The van der Waals surface area contributed by atoms with Gasteiger partial charge in [-0.25, -0.2) is 0 Å². The van der Waals surface area contributed by atoms with Crippen LogP contribution in [0.15, 0.2) is 42.5 Å². The molecule has 0 spiro atoms. The number of allylic oxidation sites excluding steroid dienone is 1. The van der Waals surface area contributed by atoms with Gasteiger partial charge in [-0.2, -0.15) is 0 Å². The molecule has 4 nitrogen and oxygen atoms in total. The normalized spacial score (nSPS) is 20.3. The topological polar surface area (TPSA) is 58.9 Å². The molecule has 0 radical (unpaired) electrons. The summed E-state index contributed by atoms with van der Waals surface area (Å²) in [5.41, 5.74) is 1.61. The molecule has 1 heterocycles. The van der Waals surface area contributed by atoms with Crippen molar-refractivity contribution in [1.29, 1.82) is 0 Å². The first kappa shape index (κ1) is 14.3. The van der Waals surface area contributed by atoms with E-state index in [9.17, 15) is 10.2 Å². The summed E-state index contributed by atoms with van der Waals surface area (Å²) in [5.74, 6) is 1.34.